The van der Waals surface area contributed by atoms with E-state index in [1.165, 1.54) is 33.8 Å². The number of methoxy groups -OCH3 is 2. The van der Waals surface area contributed by atoms with Crippen LogP contribution in [0.2, 0.25) is 0 Å². The van der Waals surface area contributed by atoms with E-state index in [0.717, 1.165) is 29.8 Å². The maximum Gasteiger partial charge on any atom is 0.323 e. The van der Waals surface area contributed by atoms with Crippen molar-refractivity contribution >= 4 is 23.1 Å². The highest BCUT2D eigenvalue weighted by Crippen LogP contribution is 2.44. The van der Waals surface area contributed by atoms with Gasteiger partial charge in [0.25, 0.3) is 0 Å². The van der Waals surface area contributed by atoms with Crippen molar-refractivity contribution in [1.29, 1.82) is 0 Å². The van der Waals surface area contributed by atoms with E-state index in [-0.39, 0.29) is 12.1 Å². The summed E-state index contributed by atoms with van der Waals surface area (Å²) in [6.07, 6.45) is 6.77. The van der Waals surface area contributed by atoms with Crippen molar-refractivity contribution in [3.8, 4) is 16.5 Å². The number of aromatic nitrogens is 1. The van der Waals surface area contributed by atoms with Gasteiger partial charge in [0.1, 0.15) is 16.5 Å². The van der Waals surface area contributed by atoms with Crippen molar-refractivity contribution in [3.05, 3.63) is 94.1 Å². The number of ether oxygens (including phenoxy) is 2. The predicted octanol–water partition coefficient (Wildman–Crippen LogP) is 6.57. The Labute approximate surface area is 215 Å². The lowest BCUT2D eigenvalue weighted by Gasteiger charge is -2.31. The van der Waals surface area contributed by atoms with Gasteiger partial charge < -0.3 is 24.3 Å². The number of aryl methyl sites for hydroxylation is 1. The molecule has 184 valence electrons. The predicted molar refractivity (Wildman–Crippen MR) is 143 cm³/mol. The first kappa shape index (κ1) is 22.7. The van der Waals surface area contributed by atoms with Crippen LogP contribution in [0.4, 0.5) is 10.5 Å². The van der Waals surface area contributed by atoms with Gasteiger partial charge in [0.15, 0.2) is 0 Å². The van der Waals surface area contributed by atoms with Gasteiger partial charge in [0, 0.05) is 16.6 Å². The van der Waals surface area contributed by atoms with Gasteiger partial charge in [-0.15, -0.1) is 11.3 Å². The second kappa shape index (κ2) is 9.39. The number of carbonyl (C=O) groups is 1. The number of benzene rings is 2. The highest BCUT2D eigenvalue weighted by atomic mass is 32.1. The molecule has 2 amide bonds. The van der Waals surface area contributed by atoms with Crippen LogP contribution >= 0.6 is 11.3 Å². The molecule has 36 heavy (non-hydrogen) atoms. The third-order valence-electron chi connectivity index (χ3n) is 7.22. The van der Waals surface area contributed by atoms with Crippen LogP contribution in [0.1, 0.15) is 46.1 Å². The van der Waals surface area contributed by atoms with Gasteiger partial charge in [-0.1, -0.05) is 24.3 Å². The topological polar surface area (TPSA) is 55.7 Å². The zero-order valence-corrected chi connectivity index (χ0v) is 21.3. The lowest BCUT2D eigenvalue weighted by atomic mass is 9.95. The number of thiophene rings is 1. The smallest absolute Gasteiger partial charge is 0.323 e. The van der Waals surface area contributed by atoms with Crippen LogP contribution in [0.3, 0.4) is 0 Å². The molecular weight excluding hydrogens is 470 g/mol. The van der Waals surface area contributed by atoms with E-state index in [0.29, 0.717) is 18.0 Å². The van der Waals surface area contributed by atoms with Gasteiger partial charge in [0.2, 0.25) is 0 Å². The van der Waals surface area contributed by atoms with Crippen molar-refractivity contribution in [2.75, 3.05) is 19.5 Å². The number of fused-ring (bicyclic) bond motifs is 5. The summed E-state index contributed by atoms with van der Waals surface area (Å²) in [5, 5.41) is 4.38. The lowest BCUT2D eigenvalue weighted by molar-refractivity contribution is 0.194. The molecule has 1 unspecified atom stereocenters. The first-order valence-electron chi connectivity index (χ1n) is 12.3. The molecule has 0 spiro atoms. The molecule has 2 aromatic carbocycles. The Morgan fingerprint density at radius 3 is 2.56 bits per heavy atom. The Morgan fingerprint density at radius 1 is 0.944 bits per heavy atom. The number of amides is 2. The van der Waals surface area contributed by atoms with Crippen LogP contribution in [0.5, 0.6) is 11.5 Å². The molecule has 1 atom stereocenters. The first-order valence-corrected chi connectivity index (χ1v) is 13.1. The quantitative estimate of drug-likeness (QED) is 0.345. The third kappa shape index (κ3) is 3.84. The third-order valence-corrected chi connectivity index (χ3v) is 8.55. The van der Waals surface area contributed by atoms with Gasteiger partial charge in [-0.3, -0.25) is 0 Å². The summed E-state index contributed by atoms with van der Waals surface area (Å²) in [5.74, 6) is 1.43. The summed E-state index contributed by atoms with van der Waals surface area (Å²) in [6.45, 7) is 0.542. The maximum atomic E-state index is 14.1. The molecule has 0 saturated heterocycles. The van der Waals surface area contributed by atoms with Crippen molar-refractivity contribution in [2.24, 2.45) is 0 Å². The Bertz CT molecular complexity index is 1410. The number of hydrogen-bond donors (Lipinski definition) is 1. The van der Waals surface area contributed by atoms with Crippen LogP contribution in [0.25, 0.3) is 5.00 Å². The molecule has 0 bridgehead atoms. The second-order valence-electron chi connectivity index (χ2n) is 9.23. The highest BCUT2D eigenvalue weighted by molar-refractivity contribution is 7.15. The molecule has 6 nitrogen and oxygen atoms in total. The minimum atomic E-state index is -0.264. The summed E-state index contributed by atoms with van der Waals surface area (Å²) >= 11 is 1.89. The van der Waals surface area contributed by atoms with E-state index in [2.05, 4.69) is 40.3 Å². The molecule has 1 N–H and O–H groups in total. The average Bonchev–Trinajstić information content (AvgIpc) is 3.51. The number of nitrogens with one attached hydrogen (secondary N) is 1. The van der Waals surface area contributed by atoms with Crippen molar-refractivity contribution in [2.45, 2.75) is 38.3 Å². The van der Waals surface area contributed by atoms with Crippen LogP contribution in [0.15, 0.2) is 66.9 Å². The minimum absolute atomic E-state index is 0.156. The summed E-state index contributed by atoms with van der Waals surface area (Å²) in [7, 11) is 3.29. The SMILES string of the molecule is COc1ccc(C2c3cccn3-c3sc4c(c3CN2C(=O)Nc2ccccc2OC)CCCC4)cc1. The van der Waals surface area contributed by atoms with Crippen LogP contribution in [-0.2, 0) is 19.4 Å². The van der Waals surface area contributed by atoms with Crippen LogP contribution < -0.4 is 14.8 Å². The number of carbonyl (C=O) groups excluding carboxylic acids is 1. The fraction of sp³-hybridized carbons (Fsp3) is 0.276. The molecular formula is C29H29N3O3S. The summed E-state index contributed by atoms with van der Waals surface area (Å²) in [4.78, 5) is 17.5. The lowest BCUT2D eigenvalue weighted by Crippen LogP contribution is -2.38. The highest BCUT2D eigenvalue weighted by Gasteiger charge is 2.36. The largest absolute Gasteiger partial charge is 0.497 e. The Kier molecular flexibility index (Phi) is 5.93. The normalized spacial score (nSPS) is 16.4. The summed E-state index contributed by atoms with van der Waals surface area (Å²) < 4.78 is 13.2. The van der Waals surface area contributed by atoms with Crippen molar-refractivity contribution < 1.29 is 14.3 Å². The van der Waals surface area contributed by atoms with E-state index >= 15 is 0 Å². The second-order valence-corrected chi connectivity index (χ2v) is 10.3. The molecule has 0 saturated carbocycles. The molecule has 1 aliphatic carbocycles. The van der Waals surface area contributed by atoms with Gasteiger partial charge >= 0.3 is 6.03 Å². The van der Waals surface area contributed by atoms with E-state index < -0.39 is 0 Å². The average molecular weight is 500 g/mol. The van der Waals surface area contributed by atoms with E-state index in [1.54, 1.807) is 14.2 Å². The van der Waals surface area contributed by atoms with Gasteiger partial charge in [0.05, 0.1) is 38.2 Å². The Hall–Kier alpha value is -3.71. The maximum absolute atomic E-state index is 14.1. The zero-order valence-electron chi connectivity index (χ0n) is 20.5. The summed E-state index contributed by atoms with van der Waals surface area (Å²) in [6, 6.07) is 19.4. The van der Waals surface area contributed by atoms with E-state index in [1.807, 2.05) is 52.6 Å². The summed E-state index contributed by atoms with van der Waals surface area (Å²) in [5.41, 5.74) is 5.48. The van der Waals surface area contributed by atoms with E-state index in [4.69, 9.17) is 9.47 Å². The number of anilines is 1. The number of hydrogen-bond acceptors (Lipinski definition) is 4. The first-order chi connectivity index (χ1) is 17.7. The molecule has 4 aromatic rings. The van der Waals surface area contributed by atoms with Crippen LogP contribution in [-0.4, -0.2) is 29.7 Å². The fourth-order valence-electron chi connectivity index (χ4n) is 5.46. The van der Waals surface area contributed by atoms with Crippen LogP contribution in [0, 0.1) is 0 Å². The van der Waals surface area contributed by atoms with Gasteiger partial charge in [-0.25, -0.2) is 4.79 Å². The molecule has 6 rings (SSSR count). The zero-order chi connectivity index (χ0) is 24.6. The molecule has 7 heteroatoms. The number of para-hydroxylation sites is 2. The minimum Gasteiger partial charge on any atom is -0.497 e. The van der Waals surface area contributed by atoms with Crippen molar-refractivity contribution in [1.82, 2.24) is 9.47 Å². The van der Waals surface area contributed by atoms with Gasteiger partial charge in [-0.05, 0) is 73.2 Å². The van der Waals surface area contributed by atoms with E-state index in [9.17, 15) is 4.79 Å². The van der Waals surface area contributed by atoms with Gasteiger partial charge in [-0.2, -0.15) is 0 Å². The number of urea groups is 1. The Balaban J connectivity index is 1.49. The van der Waals surface area contributed by atoms with Crippen molar-refractivity contribution in [3.63, 3.8) is 0 Å². The number of nitrogens with zero attached hydrogens (tertiary/aromatic N) is 2. The molecule has 1 aliphatic heterocycles. The fourth-order valence-corrected chi connectivity index (χ4v) is 6.86. The molecule has 0 fully saturated rings. The number of rotatable bonds is 4. The molecule has 2 aromatic heterocycles. The molecule has 0 radical (unpaired) electrons. The standard InChI is InChI=1S/C29H29N3O3S/c1-34-20-15-13-19(14-16-20)27-24-10-7-17-31(24)28-22(21-8-3-6-12-26(21)36-28)18-32(27)29(33)30-23-9-4-5-11-25(23)35-2/h4-5,7,9-11,13-17,27H,3,6,8,12,18H2,1-2H3,(H,30,33). The molecule has 2 aliphatic rings. The molecule has 3 heterocycles. The monoisotopic (exact) mass is 499 g/mol. The Morgan fingerprint density at radius 2 is 1.75 bits per heavy atom.